The number of nitrogens with one attached hydrogen (secondary N) is 1. The van der Waals surface area contributed by atoms with E-state index < -0.39 is 30.1 Å². The van der Waals surface area contributed by atoms with Gasteiger partial charge in [-0.2, -0.15) is 13.2 Å². The molecular weight excluding hydrogens is 301 g/mol. The minimum atomic E-state index is -4.50. The van der Waals surface area contributed by atoms with Gasteiger partial charge in [-0.05, 0) is 31.9 Å². The molecule has 1 saturated heterocycles. The molecule has 1 N–H and O–H groups in total. The van der Waals surface area contributed by atoms with Gasteiger partial charge in [-0.15, -0.1) is 0 Å². The van der Waals surface area contributed by atoms with E-state index in [2.05, 4.69) is 5.32 Å². The van der Waals surface area contributed by atoms with Gasteiger partial charge in [0.25, 0.3) is 5.56 Å². The van der Waals surface area contributed by atoms with Crippen molar-refractivity contribution < 1.29 is 22.7 Å². The third kappa shape index (κ3) is 4.09. The number of aromatic nitrogens is 1. The van der Waals surface area contributed by atoms with Gasteiger partial charge < -0.3 is 14.6 Å². The molecular formula is C14H17F3N2O3. The molecule has 0 aliphatic carbocycles. The number of nitrogens with zero attached hydrogens (tertiary/aromatic N) is 1. The fourth-order valence-corrected chi connectivity index (χ4v) is 2.44. The van der Waals surface area contributed by atoms with Gasteiger partial charge in [0.15, 0.2) is 0 Å². The van der Waals surface area contributed by atoms with Crippen LogP contribution in [0.25, 0.3) is 0 Å². The van der Waals surface area contributed by atoms with Crippen molar-refractivity contribution in [3.8, 4) is 0 Å². The normalized spacial score (nSPS) is 22.4. The first-order valence-corrected chi connectivity index (χ1v) is 6.96. The summed E-state index contributed by atoms with van der Waals surface area (Å²) in [6.45, 7) is 0.948. The van der Waals surface area contributed by atoms with Crippen LogP contribution in [0.3, 0.4) is 0 Å². The SMILES string of the molecule is C[C@@H]1OCCC[C@@H]1C(=O)Nc1cccn(CC(F)(F)F)c1=O. The number of carbonyl (C=O) groups excluding carboxylic acids is 1. The van der Waals surface area contributed by atoms with Gasteiger partial charge in [0.05, 0.1) is 12.0 Å². The van der Waals surface area contributed by atoms with Crippen LogP contribution in [0.15, 0.2) is 23.1 Å². The third-order valence-corrected chi connectivity index (χ3v) is 3.57. The van der Waals surface area contributed by atoms with E-state index in [0.717, 1.165) is 12.6 Å². The lowest BCUT2D eigenvalue weighted by Crippen LogP contribution is -2.38. The van der Waals surface area contributed by atoms with Crippen LogP contribution >= 0.6 is 0 Å². The largest absolute Gasteiger partial charge is 0.406 e. The van der Waals surface area contributed by atoms with Crippen molar-refractivity contribution in [2.75, 3.05) is 11.9 Å². The lowest BCUT2D eigenvalue weighted by Gasteiger charge is -2.27. The lowest BCUT2D eigenvalue weighted by molar-refractivity contribution is -0.141. The van der Waals surface area contributed by atoms with Gasteiger partial charge in [-0.25, -0.2) is 0 Å². The first kappa shape index (κ1) is 16.5. The zero-order valence-corrected chi connectivity index (χ0v) is 12.0. The zero-order chi connectivity index (χ0) is 16.3. The summed E-state index contributed by atoms with van der Waals surface area (Å²) in [6.07, 6.45) is -2.39. The monoisotopic (exact) mass is 318 g/mol. The summed E-state index contributed by atoms with van der Waals surface area (Å²) in [5.74, 6) is -0.821. The number of ether oxygens (including phenoxy) is 1. The quantitative estimate of drug-likeness (QED) is 0.929. The number of hydrogen-bond acceptors (Lipinski definition) is 3. The Labute approximate surface area is 125 Å². The highest BCUT2D eigenvalue weighted by atomic mass is 19.4. The Morgan fingerprint density at radius 2 is 2.23 bits per heavy atom. The number of hydrogen-bond donors (Lipinski definition) is 1. The molecule has 22 heavy (non-hydrogen) atoms. The number of halogens is 3. The zero-order valence-electron chi connectivity index (χ0n) is 12.0. The number of rotatable bonds is 3. The van der Waals surface area contributed by atoms with Crippen molar-refractivity contribution in [1.82, 2.24) is 4.57 Å². The van der Waals surface area contributed by atoms with Gasteiger partial charge in [0, 0.05) is 12.8 Å². The van der Waals surface area contributed by atoms with Crippen molar-refractivity contribution in [2.24, 2.45) is 5.92 Å². The average molecular weight is 318 g/mol. The summed E-state index contributed by atoms with van der Waals surface area (Å²) in [7, 11) is 0. The molecule has 2 rings (SSSR count). The second-order valence-corrected chi connectivity index (χ2v) is 5.28. The molecule has 0 saturated carbocycles. The molecule has 1 aromatic heterocycles. The van der Waals surface area contributed by atoms with E-state index in [1.165, 1.54) is 12.1 Å². The van der Waals surface area contributed by atoms with Crippen LogP contribution in [0.2, 0.25) is 0 Å². The van der Waals surface area contributed by atoms with Crippen LogP contribution < -0.4 is 10.9 Å². The van der Waals surface area contributed by atoms with E-state index in [1.807, 2.05) is 0 Å². The molecule has 1 amide bonds. The Hall–Kier alpha value is -1.83. The Kier molecular flexibility index (Phi) is 4.90. The molecule has 8 heteroatoms. The van der Waals surface area contributed by atoms with Crippen molar-refractivity contribution in [3.05, 3.63) is 28.7 Å². The van der Waals surface area contributed by atoms with Crippen LogP contribution in [0.4, 0.5) is 18.9 Å². The second-order valence-electron chi connectivity index (χ2n) is 5.28. The molecule has 1 aliphatic heterocycles. The number of carbonyl (C=O) groups is 1. The Morgan fingerprint density at radius 1 is 1.50 bits per heavy atom. The molecule has 0 spiro atoms. The predicted molar refractivity (Wildman–Crippen MR) is 73.5 cm³/mol. The summed E-state index contributed by atoms with van der Waals surface area (Å²) < 4.78 is 43.1. The third-order valence-electron chi connectivity index (χ3n) is 3.57. The Balaban J connectivity index is 2.14. The molecule has 0 bridgehead atoms. The highest BCUT2D eigenvalue weighted by Crippen LogP contribution is 2.22. The average Bonchev–Trinajstić information content (AvgIpc) is 2.42. The first-order chi connectivity index (χ1) is 10.3. The van der Waals surface area contributed by atoms with E-state index in [0.29, 0.717) is 17.6 Å². The maximum atomic E-state index is 12.4. The van der Waals surface area contributed by atoms with Crippen LogP contribution in [0.1, 0.15) is 19.8 Å². The van der Waals surface area contributed by atoms with Gasteiger partial charge in [0.1, 0.15) is 12.2 Å². The first-order valence-electron chi connectivity index (χ1n) is 6.96. The topological polar surface area (TPSA) is 60.3 Å². The summed E-state index contributed by atoms with van der Waals surface area (Å²) in [5, 5.41) is 2.42. The van der Waals surface area contributed by atoms with Crippen LogP contribution in [0.5, 0.6) is 0 Å². The van der Waals surface area contributed by atoms with Crippen LogP contribution in [-0.2, 0) is 16.1 Å². The molecule has 5 nitrogen and oxygen atoms in total. The number of alkyl halides is 3. The highest BCUT2D eigenvalue weighted by molar-refractivity contribution is 5.92. The van der Waals surface area contributed by atoms with E-state index in [1.54, 1.807) is 6.92 Å². The fourth-order valence-electron chi connectivity index (χ4n) is 2.44. The summed E-state index contributed by atoms with van der Waals surface area (Å²) in [4.78, 5) is 24.1. The van der Waals surface area contributed by atoms with Crippen molar-refractivity contribution >= 4 is 11.6 Å². The number of pyridine rings is 1. The maximum Gasteiger partial charge on any atom is 0.406 e. The van der Waals surface area contributed by atoms with Gasteiger partial charge >= 0.3 is 6.18 Å². The van der Waals surface area contributed by atoms with Crippen LogP contribution in [-0.4, -0.2) is 29.4 Å². The summed E-state index contributed by atoms with van der Waals surface area (Å²) in [5.41, 5.74) is -1.04. The highest BCUT2D eigenvalue weighted by Gasteiger charge is 2.30. The van der Waals surface area contributed by atoms with Crippen LogP contribution in [0, 0.1) is 5.92 Å². The molecule has 122 valence electrons. The van der Waals surface area contributed by atoms with Crippen molar-refractivity contribution in [3.63, 3.8) is 0 Å². The summed E-state index contributed by atoms with van der Waals surface area (Å²) in [6, 6.07) is 2.59. The molecule has 2 atom stereocenters. The maximum absolute atomic E-state index is 12.4. The molecule has 1 aliphatic rings. The van der Waals surface area contributed by atoms with E-state index >= 15 is 0 Å². The lowest BCUT2D eigenvalue weighted by atomic mass is 9.94. The van der Waals surface area contributed by atoms with Crippen molar-refractivity contribution in [1.29, 1.82) is 0 Å². The Morgan fingerprint density at radius 3 is 2.86 bits per heavy atom. The van der Waals surface area contributed by atoms with E-state index in [4.69, 9.17) is 4.74 Å². The molecule has 0 aromatic carbocycles. The van der Waals surface area contributed by atoms with E-state index in [-0.39, 0.29) is 11.8 Å². The standard InChI is InChI=1S/C14H17F3N2O3/c1-9-10(4-3-7-22-9)12(20)18-11-5-2-6-19(13(11)21)8-14(15,16)17/h2,5-6,9-10H,3-4,7-8H2,1H3,(H,18,20)/t9-,10-/m0/s1. The number of amides is 1. The molecule has 0 unspecified atom stereocenters. The minimum absolute atomic E-state index is 0.158. The van der Waals surface area contributed by atoms with Gasteiger partial charge in [0.2, 0.25) is 5.91 Å². The van der Waals surface area contributed by atoms with Gasteiger partial charge in [-0.1, -0.05) is 0 Å². The van der Waals surface area contributed by atoms with Crippen molar-refractivity contribution in [2.45, 2.75) is 38.6 Å². The summed E-state index contributed by atoms with van der Waals surface area (Å²) >= 11 is 0. The molecule has 1 fully saturated rings. The minimum Gasteiger partial charge on any atom is -0.378 e. The number of anilines is 1. The molecule has 0 radical (unpaired) electrons. The second kappa shape index (κ2) is 6.51. The Bertz CT molecular complexity index is 598. The molecule has 2 heterocycles. The van der Waals surface area contributed by atoms with E-state index in [9.17, 15) is 22.8 Å². The molecule has 1 aromatic rings. The smallest absolute Gasteiger partial charge is 0.378 e. The predicted octanol–water partition coefficient (Wildman–Crippen LogP) is 2.16. The van der Waals surface area contributed by atoms with Gasteiger partial charge in [-0.3, -0.25) is 9.59 Å². The fraction of sp³-hybridized carbons (Fsp3) is 0.571.